The summed E-state index contributed by atoms with van der Waals surface area (Å²) < 4.78 is 14.7. The van der Waals surface area contributed by atoms with Crippen molar-refractivity contribution in [3.8, 4) is 50.7 Å². The van der Waals surface area contributed by atoms with Gasteiger partial charge in [0.05, 0.1) is 89.3 Å². The first-order valence-corrected chi connectivity index (χ1v) is 37.8. The van der Waals surface area contributed by atoms with Crippen LogP contribution in [0.2, 0.25) is 25.2 Å². The normalized spacial score (nSPS) is 12.7. The summed E-state index contributed by atoms with van der Waals surface area (Å²) in [6.45, 7) is 13.4. The van der Waals surface area contributed by atoms with Gasteiger partial charge in [0.15, 0.2) is 0 Å². The number of nitrogens with zero attached hydrogens (tertiary/aromatic N) is 13. The maximum Gasteiger partial charge on any atom is 0.259 e. The van der Waals surface area contributed by atoms with E-state index in [2.05, 4.69) is 87.8 Å². The fourth-order valence-electron chi connectivity index (χ4n) is 12.1. The largest absolute Gasteiger partial charge is 0.395 e. The minimum absolute atomic E-state index is 0.180. The molecule has 572 valence electrons. The zero-order valence-corrected chi connectivity index (χ0v) is 65.0. The topological polar surface area (TPSA) is 258 Å². The molecular weight excluding hydrogens is 1540 g/mol. The lowest BCUT2D eigenvalue weighted by atomic mass is 10.1. The highest BCUT2D eigenvalue weighted by Gasteiger charge is 2.22. The van der Waals surface area contributed by atoms with Gasteiger partial charge in [0, 0.05) is 147 Å². The number of anilines is 6. The van der Waals surface area contributed by atoms with Crippen LogP contribution < -0.4 is 31.1 Å². The third-order valence-corrected chi connectivity index (χ3v) is 19.8. The van der Waals surface area contributed by atoms with Crippen LogP contribution in [-0.4, -0.2) is 155 Å². The van der Waals surface area contributed by atoms with E-state index < -0.39 is 0 Å². The molecule has 113 heavy (non-hydrogen) atoms. The number of amides is 4. The Labute approximate surface area is 677 Å². The van der Waals surface area contributed by atoms with Crippen molar-refractivity contribution in [3.63, 3.8) is 0 Å². The van der Waals surface area contributed by atoms with Gasteiger partial charge in [-0.2, -0.15) is 5.10 Å². The van der Waals surface area contributed by atoms with Gasteiger partial charge in [-0.15, -0.1) is 0 Å². The number of β-amino-alcohol motifs (C(OH)–C–C–N with tert-alkyl or cyclic N) is 1. The van der Waals surface area contributed by atoms with Gasteiger partial charge < -0.3 is 41.1 Å². The van der Waals surface area contributed by atoms with Crippen molar-refractivity contribution >= 4 is 116 Å². The predicted molar refractivity (Wildman–Crippen MR) is 447 cm³/mol. The number of carbonyl (C=O) groups is 4. The predicted octanol–water partition coefficient (Wildman–Crippen LogP) is 17.3. The van der Waals surface area contributed by atoms with Crippen molar-refractivity contribution in [2.75, 3.05) is 103 Å². The maximum atomic E-state index is 13.2. The molecule has 10 heterocycles. The Kier molecular flexibility index (Phi) is 28.1. The number of carbonyl (C=O) groups excluding carboxylic acids is 4. The van der Waals surface area contributed by atoms with E-state index in [1.807, 2.05) is 103 Å². The van der Waals surface area contributed by atoms with Gasteiger partial charge in [-0.3, -0.25) is 44.0 Å². The molecule has 0 saturated carbocycles. The van der Waals surface area contributed by atoms with E-state index in [-0.39, 0.29) is 36.1 Å². The SMILES string of the molecule is CCN1CCN(c2ccc(C(=O)Nc3ccc(Cl)c(-c4ccccn4)c3)cn2)CC1.Cc1c(C(=O)Nc2ccc(Cl)c(-c3ccccn3)c2)cnn1-c1ccc(F)cc1.O=C(Nc1ccc(Cl)c(-c2ccccn2)c1)c1ccc(Cl)nc1.O=C(Nc1ccc(Cl)c(-c2ccccn2)c1)c1ccc(N2CCN(CCO)CC2)nc1. The van der Waals surface area contributed by atoms with Gasteiger partial charge >= 0.3 is 0 Å². The number of aliphatic hydroxyl groups is 1. The van der Waals surface area contributed by atoms with Crippen molar-refractivity contribution in [2.45, 2.75) is 13.8 Å². The molecule has 2 fully saturated rings. The Bertz CT molecular complexity index is 5370. The first kappa shape index (κ1) is 80.6. The summed E-state index contributed by atoms with van der Waals surface area (Å²) in [5.41, 5.74) is 11.6. The fraction of sp³-hybridized carbons (Fsp3) is 0.153. The molecule has 22 nitrogen and oxygen atoms in total. The summed E-state index contributed by atoms with van der Waals surface area (Å²) in [6, 6.07) is 60.0. The second-order valence-electron chi connectivity index (χ2n) is 25.6. The number of aliphatic hydroxyl groups excluding tert-OH is 1. The van der Waals surface area contributed by atoms with E-state index in [0.29, 0.717) is 93.9 Å². The monoisotopic (exact) mass is 1610 g/mol. The lowest BCUT2D eigenvalue weighted by molar-refractivity contribution is 0.101. The van der Waals surface area contributed by atoms with E-state index in [0.717, 1.165) is 110 Å². The average molecular weight is 1610 g/mol. The number of likely N-dealkylation sites (N-methyl/N-ethyl adjacent to an activating group) is 1. The van der Waals surface area contributed by atoms with Crippen LogP contribution in [0.5, 0.6) is 0 Å². The number of pyridine rings is 7. The summed E-state index contributed by atoms with van der Waals surface area (Å²) in [7, 11) is 0. The molecular formula is C85H75Cl5FN17O5. The molecule has 0 bridgehead atoms. The molecule has 0 spiro atoms. The lowest BCUT2D eigenvalue weighted by Gasteiger charge is -2.35. The van der Waals surface area contributed by atoms with Gasteiger partial charge in [0.2, 0.25) is 0 Å². The number of hydrogen-bond acceptors (Lipinski definition) is 17. The Balaban J connectivity index is 0.000000140. The van der Waals surface area contributed by atoms with Crippen LogP contribution in [0.25, 0.3) is 50.7 Å². The number of aromatic nitrogens is 9. The van der Waals surface area contributed by atoms with E-state index >= 15 is 0 Å². The maximum absolute atomic E-state index is 13.2. The van der Waals surface area contributed by atoms with Crippen LogP contribution in [0, 0.1) is 12.7 Å². The van der Waals surface area contributed by atoms with Gasteiger partial charge in [-0.05, 0) is 195 Å². The minimum Gasteiger partial charge on any atom is -0.395 e. The first-order chi connectivity index (χ1) is 54.9. The molecule has 2 saturated heterocycles. The molecule has 15 rings (SSSR count). The number of halogens is 6. The number of nitrogens with one attached hydrogen (secondary N) is 4. The van der Waals surface area contributed by atoms with E-state index in [1.165, 1.54) is 24.5 Å². The standard InChI is InChI=1S/C23H24ClN5O2.C23H24ClN5O.C22H16ClFN4O.C17H11Cl2N3O/c24-20-6-5-18(15-19(20)21-3-1-2-8-25-21)27-23(31)17-4-7-22(26-16-17)29-11-9-28(10-12-29)13-14-30;1-2-28-11-13-29(14-12-28)22-9-6-17(16-26-22)23(30)27-18-7-8-20(24)19(15-18)21-5-3-4-10-25-21;1-14-19(13-26-28(14)17-8-5-15(24)6-9-17)22(29)27-16-7-10-20(23)18(12-16)21-4-2-3-11-25-21;18-14-6-5-12(9-13(14)15-3-1-2-8-20-15)22-17(23)11-4-7-16(19)21-10-11/h1-8,15-16,30H,9-14H2,(H,27,31);3-10,15-16H,2,11-14H2,1H3,(H,27,30);2-13H,1H3,(H,27,29);1-10H,(H,22,23). The van der Waals surface area contributed by atoms with Crippen LogP contribution in [0.4, 0.5) is 38.8 Å². The van der Waals surface area contributed by atoms with Crippen LogP contribution in [-0.2, 0) is 0 Å². The Morgan fingerprint density at radius 2 is 0.770 bits per heavy atom. The van der Waals surface area contributed by atoms with Crippen LogP contribution >= 0.6 is 58.0 Å². The first-order valence-electron chi connectivity index (χ1n) is 35.9. The molecule has 0 aliphatic carbocycles. The highest BCUT2D eigenvalue weighted by atomic mass is 35.5. The Morgan fingerprint density at radius 1 is 0.407 bits per heavy atom. The highest BCUT2D eigenvalue weighted by molar-refractivity contribution is 6.35. The summed E-state index contributed by atoms with van der Waals surface area (Å²) in [4.78, 5) is 89.6. The molecule has 8 aromatic heterocycles. The molecule has 2 aliphatic rings. The number of piperazine rings is 2. The molecule has 5 N–H and O–H groups in total. The zero-order chi connectivity index (χ0) is 79.2. The number of hydrogen-bond donors (Lipinski definition) is 5. The molecule has 0 unspecified atom stereocenters. The molecule has 2 aliphatic heterocycles. The van der Waals surface area contributed by atoms with Crippen molar-refractivity contribution in [1.29, 1.82) is 0 Å². The Morgan fingerprint density at radius 3 is 1.10 bits per heavy atom. The van der Waals surface area contributed by atoms with Crippen molar-refractivity contribution < 1.29 is 28.7 Å². The molecule has 13 aromatic rings. The van der Waals surface area contributed by atoms with Gasteiger partial charge in [-0.25, -0.2) is 24.0 Å². The van der Waals surface area contributed by atoms with Crippen molar-refractivity contribution in [1.82, 2.24) is 54.5 Å². The van der Waals surface area contributed by atoms with E-state index in [4.69, 9.17) is 63.1 Å². The fourth-order valence-corrected chi connectivity index (χ4v) is 13.1. The smallest absolute Gasteiger partial charge is 0.259 e. The summed E-state index contributed by atoms with van der Waals surface area (Å²) in [6.07, 6.45) is 12.9. The van der Waals surface area contributed by atoms with Crippen molar-refractivity contribution in [2.24, 2.45) is 0 Å². The van der Waals surface area contributed by atoms with Crippen LogP contribution in [0.1, 0.15) is 54.0 Å². The van der Waals surface area contributed by atoms with Crippen molar-refractivity contribution in [3.05, 3.63) is 315 Å². The second-order valence-corrected chi connectivity index (χ2v) is 27.7. The van der Waals surface area contributed by atoms with Gasteiger partial charge in [-0.1, -0.05) is 89.2 Å². The second kappa shape index (κ2) is 39.3. The lowest BCUT2D eigenvalue weighted by Crippen LogP contribution is -2.47. The van der Waals surface area contributed by atoms with Gasteiger partial charge in [0.1, 0.15) is 22.6 Å². The number of rotatable bonds is 18. The number of benzene rings is 5. The summed E-state index contributed by atoms with van der Waals surface area (Å²) >= 11 is 30.9. The van der Waals surface area contributed by atoms with E-state index in [9.17, 15) is 23.6 Å². The molecule has 0 atom stereocenters. The Hall–Kier alpha value is -11.9. The third kappa shape index (κ3) is 21.8. The average Bonchev–Trinajstić information content (AvgIpc) is 1.76. The van der Waals surface area contributed by atoms with Crippen LogP contribution in [0.3, 0.4) is 0 Å². The summed E-state index contributed by atoms with van der Waals surface area (Å²) in [5, 5.41) is 27.4. The zero-order valence-electron chi connectivity index (χ0n) is 61.2. The van der Waals surface area contributed by atoms with E-state index in [1.54, 1.807) is 140 Å². The molecule has 5 aromatic carbocycles. The third-order valence-electron chi connectivity index (χ3n) is 18.3. The molecule has 4 amide bonds. The van der Waals surface area contributed by atoms with Crippen LogP contribution in [0.15, 0.2) is 256 Å². The molecule has 0 radical (unpaired) electrons. The van der Waals surface area contributed by atoms with Gasteiger partial charge in [0.25, 0.3) is 23.6 Å². The highest BCUT2D eigenvalue weighted by Crippen LogP contribution is 2.34. The quantitative estimate of drug-likeness (QED) is 0.0500. The minimum atomic E-state index is -0.331. The molecule has 28 heteroatoms. The summed E-state index contributed by atoms with van der Waals surface area (Å²) in [5.74, 6) is 0.409.